The summed E-state index contributed by atoms with van der Waals surface area (Å²) >= 11 is 0. The summed E-state index contributed by atoms with van der Waals surface area (Å²) in [6.45, 7) is 0.569. The third kappa shape index (κ3) is 4.02. The predicted octanol–water partition coefficient (Wildman–Crippen LogP) is 3.69. The molecule has 1 fully saturated rings. The van der Waals surface area contributed by atoms with Crippen molar-refractivity contribution >= 4 is 17.6 Å². The summed E-state index contributed by atoms with van der Waals surface area (Å²) in [5.41, 5.74) is 1.60. The number of carbonyl (C=O) groups excluding carboxylic acids is 1. The molecule has 6 heteroatoms. The van der Waals surface area contributed by atoms with Crippen molar-refractivity contribution in [3.8, 4) is 0 Å². The van der Waals surface area contributed by atoms with Gasteiger partial charge in [-0.3, -0.25) is 4.79 Å². The molecule has 1 amide bonds. The maximum atomic E-state index is 12.0. The quantitative estimate of drug-likeness (QED) is 0.844. The number of carboxylic acid groups (broad SMARTS) is 1. The van der Waals surface area contributed by atoms with Gasteiger partial charge in [0, 0.05) is 11.8 Å². The van der Waals surface area contributed by atoms with E-state index in [1.165, 1.54) is 18.9 Å². The Kier molecular flexibility index (Phi) is 4.96. The summed E-state index contributed by atoms with van der Waals surface area (Å²) in [6.07, 6.45) is 6.16. The molecule has 0 bridgehead atoms. The largest absolute Gasteiger partial charge is 0.478 e. The molecule has 1 heterocycles. The molecule has 0 spiro atoms. The molecular weight excluding hydrogens is 310 g/mol. The zero-order chi connectivity index (χ0) is 16.9. The molecule has 0 radical (unpaired) electrons. The van der Waals surface area contributed by atoms with Gasteiger partial charge in [-0.1, -0.05) is 25.0 Å². The number of rotatable bonds is 6. The van der Waals surface area contributed by atoms with Crippen molar-refractivity contribution in [1.29, 1.82) is 0 Å². The first kappa shape index (κ1) is 16.3. The molecule has 0 atom stereocenters. The standard InChI is InChI=1S/C18H19NO5/c20-17(16-9-13(11-24-16)18(21)22)19-14-7-5-12(6-8-14)10-23-15-3-1-2-4-15/h5-9,11,15H,1-4,10H2,(H,19,20)(H,21,22). The highest BCUT2D eigenvalue weighted by molar-refractivity contribution is 6.03. The zero-order valence-electron chi connectivity index (χ0n) is 13.2. The Morgan fingerprint density at radius 2 is 1.92 bits per heavy atom. The van der Waals surface area contributed by atoms with Crippen LogP contribution in [-0.4, -0.2) is 23.1 Å². The number of hydrogen-bond acceptors (Lipinski definition) is 4. The van der Waals surface area contributed by atoms with Gasteiger partial charge in [0.2, 0.25) is 0 Å². The first-order chi connectivity index (χ1) is 11.6. The van der Waals surface area contributed by atoms with Crippen molar-refractivity contribution in [1.82, 2.24) is 0 Å². The second-order valence-corrected chi connectivity index (χ2v) is 5.87. The van der Waals surface area contributed by atoms with Gasteiger partial charge in [-0.2, -0.15) is 0 Å². The van der Waals surface area contributed by atoms with Crippen molar-refractivity contribution in [2.24, 2.45) is 0 Å². The number of nitrogens with one attached hydrogen (secondary N) is 1. The van der Waals surface area contributed by atoms with E-state index in [0.29, 0.717) is 18.4 Å². The molecule has 1 aromatic carbocycles. The first-order valence-corrected chi connectivity index (χ1v) is 7.95. The molecule has 0 aliphatic heterocycles. The van der Waals surface area contributed by atoms with Crippen LogP contribution in [0.3, 0.4) is 0 Å². The Balaban J connectivity index is 1.54. The van der Waals surface area contributed by atoms with Crippen LogP contribution in [0.25, 0.3) is 0 Å². The fraction of sp³-hybridized carbons (Fsp3) is 0.333. The van der Waals surface area contributed by atoms with E-state index in [9.17, 15) is 9.59 Å². The Morgan fingerprint density at radius 1 is 1.21 bits per heavy atom. The topological polar surface area (TPSA) is 88.8 Å². The molecule has 2 N–H and O–H groups in total. The first-order valence-electron chi connectivity index (χ1n) is 7.95. The minimum atomic E-state index is -1.13. The van der Waals surface area contributed by atoms with E-state index in [-0.39, 0.29) is 11.3 Å². The molecular formula is C18H19NO5. The molecule has 6 nitrogen and oxygen atoms in total. The van der Waals surface area contributed by atoms with E-state index in [0.717, 1.165) is 24.7 Å². The lowest BCUT2D eigenvalue weighted by Crippen LogP contribution is -2.11. The van der Waals surface area contributed by atoms with Gasteiger partial charge in [0.1, 0.15) is 6.26 Å². The highest BCUT2D eigenvalue weighted by atomic mass is 16.5. The maximum Gasteiger partial charge on any atom is 0.338 e. The molecule has 0 unspecified atom stereocenters. The van der Waals surface area contributed by atoms with Crippen LogP contribution in [0.15, 0.2) is 41.0 Å². The Bertz CT molecular complexity index is 713. The summed E-state index contributed by atoms with van der Waals surface area (Å²) in [5.74, 6) is -1.66. The van der Waals surface area contributed by atoms with Gasteiger partial charge in [-0.15, -0.1) is 0 Å². The fourth-order valence-electron chi connectivity index (χ4n) is 2.71. The number of amides is 1. The van der Waals surface area contributed by atoms with Gasteiger partial charge in [-0.05, 0) is 30.5 Å². The lowest BCUT2D eigenvalue weighted by Gasteiger charge is -2.11. The number of anilines is 1. The molecule has 0 saturated heterocycles. The number of carbonyl (C=O) groups is 2. The Hall–Kier alpha value is -2.60. The summed E-state index contributed by atoms with van der Waals surface area (Å²) in [4.78, 5) is 22.8. The van der Waals surface area contributed by atoms with Gasteiger partial charge in [0.15, 0.2) is 5.76 Å². The number of hydrogen-bond donors (Lipinski definition) is 2. The second kappa shape index (κ2) is 7.31. The third-order valence-corrected chi connectivity index (χ3v) is 4.07. The second-order valence-electron chi connectivity index (χ2n) is 5.87. The molecule has 126 valence electrons. The number of benzene rings is 1. The highest BCUT2D eigenvalue weighted by Crippen LogP contribution is 2.22. The van der Waals surface area contributed by atoms with E-state index >= 15 is 0 Å². The van der Waals surface area contributed by atoms with Crippen LogP contribution in [0.1, 0.15) is 52.2 Å². The SMILES string of the molecule is O=C(O)c1coc(C(=O)Nc2ccc(COC3CCCC3)cc2)c1. The minimum absolute atomic E-state index is 0.0407. The van der Waals surface area contributed by atoms with Gasteiger partial charge < -0.3 is 19.6 Å². The predicted molar refractivity (Wildman–Crippen MR) is 87.1 cm³/mol. The molecule has 3 rings (SSSR count). The molecule has 2 aromatic rings. The summed E-state index contributed by atoms with van der Waals surface area (Å²) in [7, 11) is 0. The fourth-order valence-corrected chi connectivity index (χ4v) is 2.71. The van der Waals surface area contributed by atoms with Gasteiger partial charge >= 0.3 is 5.97 Å². The van der Waals surface area contributed by atoms with Crippen LogP contribution in [-0.2, 0) is 11.3 Å². The summed E-state index contributed by atoms with van der Waals surface area (Å²) in [5, 5.41) is 11.5. The van der Waals surface area contributed by atoms with Crippen LogP contribution < -0.4 is 5.32 Å². The van der Waals surface area contributed by atoms with Gasteiger partial charge in [-0.25, -0.2) is 4.79 Å². The van der Waals surface area contributed by atoms with Crippen LogP contribution in [0, 0.1) is 0 Å². The van der Waals surface area contributed by atoms with E-state index in [1.807, 2.05) is 12.1 Å². The van der Waals surface area contributed by atoms with E-state index < -0.39 is 11.9 Å². The smallest absolute Gasteiger partial charge is 0.338 e. The molecule has 1 aliphatic rings. The van der Waals surface area contributed by atoms with Crippen LogP contribution in [0.5, 0.6) is 0 Å². The monoisotopic (exact) mass is 329 g/mol. The van der Waals surface area contributed by atoms with E-state index in [2.05, 4.69) is 5.32 Å². The van der Waals surface area contributed by atoms with Crippen molar-refractivity contribution in [2.45, 2.75) is 38.4 Å². The van der Waals surface area contributed by atoms with Crippen molar-refractivity contribution in [2.75, 3.05) is 5.32 Å². The highest BCUT2D eigenvalue weighted by Gasteiger charge is 2.16. The number of carboxylic acids is 1. The third-order valence-electron chi connectivity index (χ3n) is 4.07. The number of aromatic carboxylic acids is 1. The average Bonchev–Trinajstić information content (AvgIpc) is 3.26. The Morgan fingerprint density at radius 3 is 2.54 bits per heavy atom. The number of ether oxygens (including phenoxy) is 1. The van der Waals surface area contributed by atoms with Crippen LogP contribution in [0.4, 0.5) is 5.69 Å². The van der Waals surface area contributed by atoms with Crippen molar-refractivity contribution in [3.63, 3.8) is 0 Å². The lowest BCUT2D eigenvalue weighted by atomic mass is 10.2. The summed E-state index contributed by atoms with van der Waals surface area (Å²) in [6, 6.07) is 8.56. The van der Waals surface area contributed by atoms with Crippen molar-refractivity contribution < 1.29 is 23.8 Å². The van der Waals surface area contributed by atoms with E-state index in [1.54, 1.807) is 12.1 Å². The molecule has 24 heavy (non-hydrogen) atoms. The van der Waals surface area contributed by atoms with Crippen LogP contribution in [0.2, 0.25) is 0 Å². The minimum Gasteiger partial charge on any atom is -0.478 e. The molecule has 1 saturated carbocycles. The lowest BCUT2D eigenvalue weighted by molar-refractivity contribution is 0.0457. The molecule has 1 aromatic heterocycles. The maximum absolute atomic E-state index is 12.0. The summed E-state index contributed by atoms with van der Waals surface area (Å²) < 4.78 is 10.8. The average molecular weight is 329 g/mol. The number of furan rings is 1. The Labute approximate surface area is 139 Å². The van der Waals surface area contributed by atoms with Crippen molar-refractivity contribution in [3.05, 3.63) is 53.5 Å². The van der Waals surface area contributed by atoms with Gasteiger partial charge in [0.05, 0.1) is 18.3 Å². The van der Waals surface area contributed by atoms with Crippen LogP contribution >= 0.6 is 0 Å². The zero-order valence-corrected chi connectivity index (χ0v) is 13.2. The van der Waals surface area contributed by atoms with E-state index in [4.69, 9.17) is 14.3 Å². The normalized spacial score (nSPS) is 14.7. The van der Waals surface area contributed by atoms with Gasteiger partial charge in [0.25, 0.3) is 5.91 Å². The molecule has 1 aliphatic carbocycles.